The molecule has 0 radical (unpaired) electrons. The summed E-state index contributed by atoms with van der Waals surface area (Å²) < 4.78 is 7.83. The topological polar surface area (TPSA) is 35.0 Å². The van der Waals surface area contributed by atoms with Crippen LogP contribution in [0.5, 0.6) is 6.01 Å². The van der Waals surface area contributed by atoms with Crippen molar-refractivity contribution in [1.82, 2.24) is 9.97 Å². The first-order valence-electron chi connectivity index (χ1n) is 3.44. The van der Waals surface area contributed by atoms with Crippen LogP contribution in [0.2, 0.25) is 0 Å². The van der Waals surface area contributed by atoms with Crippen LogP contribution in [-0.4, -0.2) is 16.6 Å². The maximum absolute atomic E-state index is 5.10. The molecule has 4 heteroatoms. The number of rotatable bonds is 2. The van der Waals surface area contributed by atoms with Crippen molar-refractivity contribution in [1.29, 1.82) is 0 Å². The molecule has 1 rings (SSSR count). The van der Waals surface area contributed by atoms with E-state index in [0.717, 1.165) is 0 Å². The quantitative estimate of drug-likeness (QED) is 0.607. The molecule has 0 bridgehead atoms. The van der Waals surface area contributed by atoms with Crippen molar-refractivity contribution in [2.24, 2.45) is 0 Å². The molecular formula is C8H7IN2O. The van der Waals surface area contributed by atoms with Gasteiger partial charge in [-0.3, -0.25) is 0 Å². The van der Waals surface area contributed by atoms with Gasteiger partial charge in [0.05, 0.1) is 6.61 Å². The van der Waals surface area contributed by atoms with Crippen LogP contribution in [0.25, 0.3) is 0 Å². The third-order valence-corrected chi connectivity index (χ3v) is 1.35. The highest BCUT2D eigenvalue weighted by molar-refractivity contribution is 14.1. The number of hydrogen-bond donors (Lipinski definition) is 0. The number of nitrogens with zero attached hydrogens (tertiary/aromatic N) is 2. The summed E-state index contributed by atoms with van der Waals surface area (Å²) in [6.07, 6.45) is 1.63. The smallest absolute Gasteiger partial charge is 0.317 e. The van der Waals surface area contributed by atoms with E-state index in [-0.39, 0.29) is 0 Å². The number of hydrogen-bond acceptors (Lipinski definition) is 3. The summed E-state index contributed by atoms with van der Waals surface area (Å²) in [6, 6.07) is 2.13. The van der Waals surface area contributed by atoms with E-state index in [4.69, 9.17) is 4.74 Å². The Morgan fingerprint density at radius 2 is 2.50 bits per heavy atom. The average molecular weight is 274 g/mol. The number of aromatic nitrogens is 2. The summed E-state index contributed by atoms with van der Waals surface area (Å²) in [7, 11) is 0. The molecular weight excluding hydrogens is 267 g/mol. The van der Waals surface area contributed by atoms with Gasteiger partial charge in [0.25, 0.3) is 0 Å². The minimum atomic E-state index is 0.383. The molecule has 62 valence electrons. The second-order valence-electron chi connectivity index (χ2n) is 1.88. The van der Waals surface area contributed by atoms with Crippen LogP contribution in [-0.2, 0) is 0 Å². The molecule has 0 unspecified atom stereocenters. The third kappa shape index (κ3) is 2.66. The zero-order valence-electron chi connectivity index (χ0n) is 6.54. The van der Waals surface area contributed by atoms with E-state index in [1.54, 1.807) is 12.3 Å². The van der Waals surface area contributed by atoms with Crippen LogP contribution >= 0.6 is 22.6 Å². The van der Waals surface area contributed by atoms with Gasteiger partial charge in [0.15, 0.2) is 0 Å². The van der Waals surface area contributed by atoms with E-state index < -0.39 is 0 Å². The van der Waals surface area contributed by atoms with Crippen LogP contribution in [0.1, 0.15) is 12.6 Å². The maximum Gasteiger partial charge on any atom is 0.317 e. The van der Waals surface area contributed by atoms with Crippen LogP contribution in [0.3, 0.4) is 0 Å². The van der Waals surface area contributed by atoms with Crippen molar-refractivity contribution < 1.29 is 4.74 Å². The number of ether oxygens (including phenoxy) is 1. The SMILES string of the molecule is CCOc1nccc(C#CI)n1. The molecule has 1 aromatic heterocycles. The molecule has 3 nitrogen and oxygen atoms in total. The molecule has 0 saturated carbocycles. The monoisotopic (exact) mass is 274 g/mol. The van der Waals surface area contributed by atoms with Crippen molar-refractivity contribution in [3.8, 4) is 15.9 Å². The Hall–Kier alpha value is -0.830. The lowest BCUT2D eigenvalue weighted by molar-refractivity contribution is 0.312. The van der Waals surface area contributed by atoms with Crippen molar-refractivity contribution in [3.63, 3.8) is 0 Å². The van der Waals surface area contributed by atoms with Gasteiger partial charge in [-0.25, -0.2) is 4.98 Å². The predicted octanol–water partition coefficient (Wildman–Crippen LogP) is 1.62. The molecule has 0 aliphatic heterocycles. The lowest BCUT2D eigenvalue weighted by Crippen LogP contribution is -1.97. The van der Waals surface area contributed by atoms with Gasteiger partial charge < -0.3 is 4.74 Å². The van der Waals surface area contributed by atoms with Gasteiger partial charge in [0, 0.05) is 28.8 Å². The van der Waals surface area contributed by atoms with Gasteiger partial charge in [-0.1, -0.05) is 0 Å². The highest BCUT2D eigenvalue weighted by Crippen LogP contribution is 2.01. The molecule has 0 spiro atoms. The molecule has 0 saturated heterocycles. The largest absolute Gasteiger partial charge is 0.464 e. The van der Waals surface area contributed by atoms with E-state index in [9.17, 15) is 0 Å². The lowest BCUT2D eigenvalue weighted by atomic mass is 10.4. The minimum absolute atomic E-state index is 0.383. The first kappa shape index (κ1) is 9.26. The Morgan fingerprint density at radius 1 is 1.67 bits per heavy atom. The highest BCUT2D eigenvalue weighted by atomic mass is 127. The Morgan fingerprint density at radius 3 is 3.17 bits per heavy atom. The molecule has 0 aromatic carbocycles. The first-order valence-corrected chi connectivity index (χ1v) is 4.52. The molecule has 0 aliphatic carbocycles. The lowest BCUT2D eigenvalue weighted by Gasteiger charge is -1.98. The second kappa shape index (κ2) is 4.93. The molecule has 0 atom stereocenters. The van der Waals surface area contributed by atoms with Crippen LogP contribution in [0.4, 0.5) is 0 Å². The van der Waals surface area contributed by atoms with Gasteiger partial charge in [-0.2, -0.15) is 4.98 Å². The predicted molar refractivity (Wildman–Crippen MR) is 54.1 cm³/mol. The fourth-order valence-electron chi connectivity index (χ4n) is 0.657. The summed E-state index contributed by atoms with van der Waals surface area (Å²) in [5, 5.41) is 0. The van der Waals surface area contributed by atoms with Gasteiger partial charge in [-0.05, 0) is 22.8 Å². The van der Waals surface area contributed by atoms with Gasteiger partial charge in [-0.15, -0.1) is 0 Å². The summed E-state index contributed by atoms with van der Waals surface area (Å²) in [5.41, 5.74) is 0.683. The zero-order chi connectivity index (χ0) is 8.81. The van der Waals surface area contributed by atoms with Crippen LogP contribution in [0, 0.1) is 9.85 Å². The third-order valence-electron chi connectivity index (χ3n) is 1.08. The molecule has 0 fully saturated rings. The first-order chi connectivity index (χ1) is 5.86. The fourth-order valence-corrected chi connectivity index (χ4v) is 0.934. The zero-order valence-corrected chi connectivity index (χ0v) is 8.70. The molecule has 1 aromatic rings. The molecule has 12 heavy (non-hydrogen) atoms. The molecule has 0 aliphatic rings. The van der Waals surface area contributed by atoms with Gasteiger partial charge in [0.2, 0.25) is 0 Å². The Bertz CT molecular complexity index is 316. The fraction of sp³-hybridized carbons (Fsp3) is 0.250. The van der Waals surface area contributed by atoms with Crippen LogP contribution < -0.4 is 4.74 Å². The van der Waals surface area contributed by atoms with Crippen molar-refractivity contribution >= 4 is 22.6 Å². The van der Waals surface area contributed by atoms with Gasteiger partial charge >= 0.3 is 6.01 Å². The van der Waals surface area contributed by atoms with Crippen molar-refractivity contribution in [3.05, 3.63) is 18.0 Å². The minimum Gasteiger partial charge on any atom is -0.464 e. The van der Waals surface area contributed by atoms with Gasteiger partial charge in [0.1, 0.15) is 5.69 Å². The molecule has 0 N–H and O–H groups in total. The summed E-state index contributed by atoms with van der Waals surface area (Å²) in [6.45, 7) is 2.46. The van der Waals surface area contributed by atoms with E-state index in [0.29, 0.717) is 18.3 Å². The Kier molecular flexibility index (Phi) is 3.80. The molecule has 0 amide bonds. The normalized spacial score (nSPS) is 8.50. The Labute approximate surface area is 84.7 Å². The number of halogens is 1. The van der Waals surface area contributed by atoms with E-state index in [1.807, 2.05) is 29.5 Å². The van der Waals surface area contributed by atoms with Crippen LogP contribution in [0.15, 0.2) is 12.3 Å². The summed E-state index contributed by atoms with van der Waals surface area (Å²) >= 11 is 1.96. The Balaban J connectivity index is 2.85. The average Bonchev–Trinajstić information content (AvgIpc) is 2.06. The summed E-state index contributed by atoms with van der Waals surface area (Å²) in [5.74, 6) is 2.81. The maximum atomic E-state index is 5.10. The van der Waals surface area contributed by atoms with E-state index in [1.165, 1.54) is 0 Å². The van der Waals surface area contributed by atoms with Crippen molar-refractivity contribution in [2.75, 3.05) is 6.61 Å². The highest BCUT2D eigenvalue weighted by Gasteiger charge is 1.95. The second-order valence-corrected chi connectivity index (χ2v) is 2.42. The standard InChI is InChI=1S/C8H7IN2O/c1-2-12-8-10-6-4-7(11-8)3-5-9/h4,6H,2H2,1H3. The molecule has 1 heterocycles. The van der Waals surface area contributed by atoms with E-state index >= 15 is 0 Å². The summed E-state index contributed by atoms with van der Waals surface area (Å²) in [4.78, 5) is 7.95. The van der Waals surface area contributed by atoms with E-state index in [2.05, 4.69) is 19.8 Å². The van der Waals surface area contributed by atoms with Crippen molar-refractivity contribution in [2.45, 2.75) is 6.92 Å².